The van der Waals surface area contributed by atoms with Crippen LogP contribution in [0.1, 0.15) is 69.8 Å². The third-order valence-corrected chi connectivity index (χ3v) is 11.4. The SMILES string of the molecule is Cc1ccc(-c2[c-]cccc2)nc1.O=P(c1[c-]cccc1)(C1CCCCC1)C1CCCCC1.[Ir]. The van der Waals surface area contributed by atoms with E-state index in [9.17, 15) is 4.57 Å². The molecular formula is C30H36IrNOP-2. The molecule has 0 bridgehead atoms. The van der Waals surface area contributed by atoms with Gasteiger partial charge in [-0.1, -0.05) is 50.7 Å². The van der Waals surface area contributed by atoms with E-state index < -0.39 is 7.14 Å². The van der Waals surface area contributed by atoms with Gasteiger partial charge in [0, 0.05) is 37.6 Å². The minimum absolute atomic E-state index is 0. The molecule has 183 valence electrons. The molecule has 5 rings (SSSR count). The van der Waals surface area contributed by atoms with Crippen molar-refractivity contribution in [1.29, 1.82) is 0 Å². The van der Waals surface area contributed by atoms with Gasteiger partial charge in [-0.3, -0.25) is 0 Å². The Bertz CT molecular complexity index is 989. The van der Waals surface area contributed by atoms with Crippen molar-refractivity contribution in [1.82, 2.24) is 4.98 Å². The zero-order chi connectivity index (χ0) is 22.9. The number of pyridine rings is 1. The molecule has 2 fully saturated rings. The Balaban J connectivity index is 0.000000201. The van der Waals surface area contributed by atoms with Gasteiger partial charge in [0.25, 0.3) is 0 Å². The summed E-state index contributed by atoms with van der Waals surface area (Å²) >= 11 is 0. The van der Waals surface area contributed by atoms with E-state index in [2.05, 4.69) is 29.2 Å². The van der Waals surface area contributed by atoms with Gasteiger partial charge in [0.05, 0.1) is 7.14 Å². The fourth-order valence-corrected chi connectivity index (χ4v) is 9.64. The Hall–Kier alpha value is -1.53. The van der Waals surface area contributed by atoms with Gasteiger partial charge in [-0.05, 0) is 43.9 Å². The van der Waals surface area contributed by atoms with Crippen molar-refractivity contribution in [2.45, 2.75) is 82.4 Å². The summed E-state index contributed by atoms with van der Waals surface area (Å²) in [5.74, 6) is 0. The van der Waals surface area contributed by atoms with E-state index in [1.54, 1.807) is 0 Å². The molecule has 0 N–H and O–H groups in total. The summed E-state index contributed by atoms with van der Waals surface area (Å²) in [6.07, 6.45) is 14.3. The number of benzene rings is 2. The number of rotatable bonds is 4. The fourth-order valence-electron chi connectivity index (χ4n) is 5.40. The van der Waals surface area contributed by atoms with Crippen LogP contribution in [0.25, 0.3) is 11.3 Å². The van der Waals surface area contributed by atoms with Gasteiger partial charge in [0.1, 0.15) is 0 Å². The van der Waals surface area contributed by atoms with Crippen LogP contribution < -0.4 is 5.30 Å². The minimum Gasteiger partial charge on any atom is -0.320 e. The van der Waals surface area contributed by atoms with Crippen LogP contribution in [-0.4, -0.2) is 16.3 Å². The second-order valence-electron chi connectivity index (χ2n) is 9.54. The van der Waals surface area contributed by atoms with E-state index in [4.69, 9.17) is 0 Å². The van der Waals surface area contributed by atoms with Gasteiger partial charge in [-0.15, -0.1) is 41.2 Å². The van der Waals surface area contributed by atoms with Crippen LogP contribution in [0, 0.1) is 19.1 Å². The van der Waals surface area contributed by atoms with Crippen LogP contribution in [0.4, 0.5) is 0 Å². The van der Waals surface area contributed by atoms with Gasteiger partial charge in [-0.2, -0.15) is 30.3 Å². The zero-order valence-corrected chi connectivity index (χ0v) is 23.5. The summed E-state index contributed by atoms with van der Waals surface area (Å²) in [7, 11) is -2.28. The first-order valence-electron chi connectivity index (χ1n) is 12.6. The second kappa shape index (κ2) is 13.5. The molecule has 3 aromatic rings. The van der Waals surface area contributed by atoms with Crippen molar-refractivity contribution in [3.63, 3.8) is 0 Å². The Labute approximate surface area is 219 Å². The maximum atomic E-state index is 14.1. The molecule has 2 aliphatic rings. The topological polar surface area (TPSA) is 30.0 Å². The first-order valence-corrected chi connectivity index (χ1v) is 14.5. The molecule has 2 saturated carbocycles. The van der Waals surface area contributed by atoms with E-state index in [0.29, 0.717) is 11.3 Å². The molecule has 1 radical (unpaired) electrons. The van der Waals surface area contributed by atoms with Crippen molar-refractivity contribution in [2.75, 3.05) is 0 Å². The van der Waals surface area contributed by atoms with E-state index >= 15 is 0 Å². The van der Waals surface area contributed by atoms with Gasteiger partial charge in [0.2, 0.25) is 0 Å². The van der Waals surface area contributed by atoms with E-state index in [1.165, 1.54) is 69.8 Å². The Morgan fingerprint density at radius 1 is 0.765 bits per heavy atom. The third-order valence-electron chi connectivity index (χ3n) is 7.20. The van der Waals surface area contributed by atoms with E-state index in [1.807, 2.05) is 61.7 Å². The van der Waals surface area contributed by atoms with Crippen molar-refractivity contribution in [2.24, 2.45) is 0 Å². The van der Waals surface area contributed by atoms with Crippen molar-refractivity contribution in [3.8, 4) is 11.3 Å². The zero-order valence-electron chi connectivity index (χ0n) is 20.2. The predicted octanol–water partition coefficient (Wildman–Crippen LogP) is 8.00. The van der Waals surface area contributed by atoms with Crippen LogP contribution in [0.2, 0.25) is 0 Å². The molecule has 2 aromatic carbocycles. The van der Waals surface area contributed by atoms with Crippen LogP contribution in [0.3, 0.4) is 0 Å². The molecule has 1 heterocycles. The molecule has 0 saturated heterocycles. The average molecular weight is 650 g/mol. The maximum absolute atomic E-state index is 14.1. The van der Waals surface area contributed by atoms with Gasteiger partial charge >= 0.3 is 0 Å². The van der Waals surface area contributed by atoms with Crippen LogP contribution >= 0.6 is 7.14 Å². The monoisotopic (exact) mass is 650 g/mol. The Morgan fingerprint density at radius 3 is 1.82 bits per heavy atom. The summed E-state index contributed by atoms with van der Waals surface area (Å²) in [4.78, 5) is 4.32. The van der Waals surface area contributed by atoms with Crippen LogP contribution in [0.5, 0.6) is 0 Å². The van der Waals surface area contributed by atoms with Crippen molar-refractivity contribution < 1.29 is 24.7 Å². The Morgan fingerprint density at radius 2 is 1.35 bits per heavy atom. The number of hydrogen-bond donors (Lipinski definition) is 0. The van der Waals surface area contributed by atoms with E-state index in [-0.39, 0.29) is 20.1 Å². The fraction of sp³-hybridized carbons (Fsp3) is 0.433. The minimum atomic E-state index is -2.28. The normalized spacial score (nSPS) is 17.2. The average Bonchev–Trinajstić information content (AvgIpc) is 2.91. The third kappa shape index (κ3) is 6.78. The second-order valence-corrected chi connectivity index (χ2v) is 12.9. The van der Waals surface area contributed by atoms with Gasteiger partial charge in [-0.25, -0.2) is 0 Å². The maximum Gasteiger partial charge on any atom is 0.0978 e. The predicted molar refractivity (Wildman–Crippen MR) is 140 cm³/mol. The summed E-state index contributed by atoms with van der Waals surface area (Å²) in [6, 6.07) is 26.5. The molecule has 0 spiro atoms. The van der Waals surface area contributed by atoms with Crippen LogP contribution in [0.15, 0.2) is 66.9 Å². The smallest absolute Gasteiger partial charge is 0.0978 e. The number of aryl methyl sites for hydroxylation is 1. The number of nitrogens with zero attached hydrogens (tertiary/aromatic N) is 1. The Kier molecular flexibility index (Phi) is 10.8. The summed E-state index contributed by atoms with van der Waals surface area (Å²) in [5, 5.41) is 1.05. The molecule has 2 nitrogen and oxygen atoms in total. The molecule has 34 heavy (non-hydrogen) atoms. The largest absolute Gasteiger partial charge is 0.320 e. The molecule has 0 amide bonds. The molecule has 0 atom stereocenters. The summed E-state index contributed by atoms with van der Waals surface area (Å²) in [6.45, 7) is 2.03. The number of hydrogen-bond acceptors (Lipinski definition) is 2. The molecule has 0 aliphatic heterocycles. The van der Waals surface area contributed by atoms with Gasteiger partial charge < -0.3 is 9.55 Å². The van der Waals surface area contributed by atoms with Gasteiger partial charge in [0.15, 0.2) is 0 Å². The summed E-state index contributed by atoms with van der Waals surface area (Å²) in [5.41, 5.74) is 4.09. The first-order chi connectivity index (χ1) is 16.2. The number of aromatic nitrogens is 1. The van der Waals surface area contributed by atoms with Crippen molar-refractivity contribution in [3.05, 3.63) is 84.6 Å². The molecular weight excluding hydrogens is 614 g/mol. The molecule has 1 aromatic heterocycles. The molecule has 4 heteroatoms. The van der Waals surface area contributed by atoms with Crippen LogP contribution in [-0.2, 0) is 24.7 Å². The standard InChI is InChI=1S/C18H26OP.C12H10N.Ir/c19-20(16-10-4-1-5-11-16,17-12-6-2-7-13-17)18-14-8-3-9-15-18;1-10-7-8-12(13-9-10)11-5-3-2-4-6-11;/h1,4-5,10,17-18H,2-3,6-9,12-15H2;2-5,7-9H,1H3;/q2*-1;. The van der Waals surface area contributed by atoms with E-state index in [0.717, 1.165) is 16.6 Å². The summed E-state index contributed by atoms with van der Waals surface area (Å²) < 4.78 is 14.1. The molecule has 2 aliphatic carbocycles. The quantitative estimate of drug-likeness (QED) is 0.212. The molecule has 0 unspecified atom stereocenters. The first kappa shape index (κ1) is 27.1. The van der Waals surface area contributed by atoms with Crippen molar-refractivity contribution >= 4 is 12.4 Å².